The summed E-state index contributed by atoms with van der Waals surface area (Å²) in [7, 11) is 0. The smallest absolute Gasteiger partial charge is 0.315 e. The summed E-state index contributed by atoms with van der Waals surface area (Å²) < 4.78 is 12.9. The lowest BCUT2D eigenvalue weighted by atomic mass is 10.2. The zero-order valence-corrected chi connectivity index (χ0v) is 12.3. The van der Waals surface area contributed by atoms with Gasteiger partial charge in [0.15, 0.2) is 0 Å². The molecule has 1 unspecified atom stereocenters. The van der Waals surface area contributed by atoms with Gasteiger partial charge in [-0.15, -0.1) is 0 Å². The lowest BCUT2D eigenvalue weighted by Crippen LogP contribution is -2.46. The van der Waals surface area contributed by atoms with Gasteiger partial charge in [0.25, 0.3) is 0 Å². The molecule has 1 aromatic carbocycles. The fraction of sp³-hybridized carbons (Fsp3) is 0.500. The predicted molar refractivity (Wildman–Crippen MR) is 81.1 cm³/mol. The molecule has 1 aliphatic carbocycles. The Morgan fingerprint density at radius 3 is 2.41 bits per heavy atom. The number of hydrogen-bond donors (Lipinski definition) is 2. The molecule has 1 saturated carbocycles. The van der Waals surface area contributed by atoms with Crippen LogP contribution in [0.3, 0.4) is 0 Å². The number of nitrogens with one attached hydrogen (secondary N) is 2. The van der Waals surface area contributed by atoms with Gasteiger partial charge in [0.1, 0.15) is 5.82 Å². The number of amides is 3. The molecule has 118 valence electrons. The maximum atomic E-state index is 12.9. The maximum absolute atomic E-state index is 12.9. The van der Waals surface area contributed by atoms with Crippen molar-refractivity contribution in [3.8, 4) is 0 Å². The summed E-state index contributed by atoms with van der Waals surface area (Å²) >= 11 is 0. The number of urea groups is 1. The third kappa shape index (κ3) is 3.37. The molecule has 0 spiro atoms. The number of halogens is 1. The summed E-state index contributed by atoms with van der Waals surface area (Å²) in [4.78, 5) is 25.6. The molecule has 1 atom stereocenters. The first-order valence-corrected chi connectivity index (χ1v) is 7.75. The average molecular weight is 305 g/mol. The molecule has 1 saturated heterocycles. The van der Waals surface area contributed by atoms with E-state index in [0.717, 1.165) is 25.7 Å². The van der Waals surface area contributed by atoms with Crippen LogP contribution in [0.4, 0.5) is 14.9 Å². The molecule has 0 bridgehead atoms. The normalized spacial score (nSPS) is 22.1. The first kappa shape index (κ1) is 14.8. The number of carbonyl (C=O) groups excluding carboxylic acids is 2. The van der Waals surface area contributed by atoms with Gasteiger partial charge in [-0.05, 0) is 37.1 Å². The van der Waals surface area contributed by atoms with Crippen LogP contribution in [0, 0.1) is 5.82 Å². The highest BCUT2D eigenvalue weighted by Crippen LogP contribution is 2.22. The highest BCUT2D eigenvalue weighted by molar-refractivity contribution is 5.96. The Bertz CT molecular complexity index is 555. The second-order valence-electron chi connectivity index (χ2n) is 5.98. The average Bonchev–Trinajstić information content (AvgIpc) is 3.10. The lowest BCUT2D eigenvalue weighted by Gasteiger charge is -2.18. The first-order valence-electron chi connectivity index (χ1n) is 7.75. The van der Waals surface area contributed by atoms with Crippen LogP contribution in [0.1, 0.15) is 32.1 Å². The Kier molecular flexibility index (Phi) is 4.27. The van der Waals surface area contributed by atoms with Crippen molar-refractivity contribution < 1.29 is 14.0 Å². The van der Waals surface area contributed by atoms with Crippen molar-refractivity contribution in [2.24, 2.45) is 0 Å². The minimum atomic E-state index is -0.332. The minimum absolute atomic E-state index is 0.0576. The summed E-state index contributed by atoms with van der Waals surface area (Å²) in [6, 6.07) is 5.66. The van der Waals surface area contributed by atoms with E-state index in [1.165, 1.54) is 12.1 Å². The lowest BCUT2D eigenvalue weighted by molar-refractivity contribution is -0.117. The molecule has 1 aliphatic heterocycles. The summed E-state index contributed by atoms with van der Waals surface area (Å²) in [5.41, 5.74) is 0.659. The highest BCUT2D eigenvalue weighted by Gasteiger charge is 2.32. The quantitative estimate of drug-likeness (QED) is 0.899. The van der Waals surface area contributed by atoms with Crippen LogP contribution in [0.25, 0.3) is 0 Å². The van der Waals surface area contributed by atoms with Gasteiger partial charge >= 0.3 is 6.03 Å². The van der Waals surface area contributed by atoms with Gasteiger partial charge in [-0.3, -0.25) is 4.79 Å². The summed E-state index contributed by atoms with van der Waals surface area (Å²) in [5.74, 6) is -0.390. The SMILES string of the molecule is O=C(NC1CCCC1)NC1CC(=O)N(c2ccc(F)cc2)C1. The fourth-order valence-electron chi connectivity index (χ4n) is 3.16. The highest BCUT2D eigenvalue weighted by atomic mass is 19.1. The van der Waals surface area contributed by atoms with E-state index in [9.17, 15) is 14.0 Å². The monoisotopic (exact) mass is 305 g/mol. The summed E-state index contributed by atoms with van der Waals surface area (Å²) in [5, 5.41) is 5.81. The Hall–Kier alpha value is -2.11. The minimum Gasteiger partial charge on any atom is -0.335 e. The summed E-state index contributed by atoms with van der Waals surface area (Å²) in [6.45, 7) is 0.419. The second kappa shape index (κ2) is 6.34. The largest absolute Gasteiger partial charge is 0.335 e. The molecule has 2 N–H and O–H groups in total. The third-order valence-corrected chi connectivity index (χ3v) is 4.29. The molecule has 3 amide bonds. The predicted octanol–water partition coefficient (Wildman–Crippen LogP) is 2.17. The molecule has 22 heavy (non-hydrogen) atoms. The van der Waals surface area contributed by atoms with Crippen molar-refractivity contribution in [3.05, 3.63) is 30.1 Å². The van der Waals surface area contributed by atoms with Crippen molar-refractivity contribution in [3.63, 3.8) is 0 Å². The molecular formula is C16H20FN3O2. The van der Waals surface area contributed by atoms with Crippen LogP contribution in [-0.4, -0.2) is 30.6 Å². The van der Waals surface area contributed by atoms with E-state index < -0.39 is 0 Å². The Balaban J connectivity index is 1.55. The van der Waals surface area contributed by atoms with E-state index in [0.29, 0.717) is 12.2 Å². The van der Waals surface area contributed by atoms with Gasteiger partial charge in [0.05, 0.1) is 6.04 Å². The van der Waals surface area contributed by atoms with E-state index in [1.54, 1.807) is 17.0 Å². The van der Waals surface area contributed by atoms with Crippen molar-refractivity contribution in [2.75, 3.05) is 11.4 Å². The zero-order valence-electron chi connectivity index (χ0n) is 12.3. The van der Waals surface area contributed by atoms with Crippen LogP contribution in [0.5, 0.6) is 0 Å². The van der Waals surface area contributed by atoms with E-state index in [1.807, 2.05) is 0 Å². The molecule has 6 heteroatoms. The molecule has 3 rings (SSSR count). The topological polar surface area (TPSA) is 61.4 Å². The second-order valence-corrected chi connectivity index (χ2v) is 5.98. The van der Waals surface area contributed by atoms with E-state index in [4.69, 9.17) is 0 Å². The first-order chi connectivity index (χ1) is 10.6. The van der Waals surface area contributed by atoms with Gasteiger partial charge in [-0.2, -0.15) is 0 Å². The van der Waals surface area contributed by atoms with Crippen LogP contribution >= 0.6 is 0 Å². The number of carbonyl (C=O) groups is 2. The van der Waals surface area contributed by atoms with Crippen LogP contribution in [0.2, 0.25) is 0 Å². The number of nitrogens with zero attached hydrogens (tertiary/aromatic N) is 1. The number of anilines is 1. The molecule has 0 aromatic heterocycles. The number of rotatable bonds is 3. The zero-order chi connectivity index (χ0) is 15.5. The van der Waals surface area contributed by atoms with Crippen molar-refractivity contribution in [1.82, 2.24) is 10.6 Å². The van der Waals surface area contributed by atoms with Crippen LogP contribution in [0.15, 0.2) is 24.3 Å². The molecule has 0 radical (unpaired) electrons. The van der Waals surface area contributed by atoms with E-state index in [2.05, 4.69) is 10.6 Å². The molecular weight excluding hydrogens is 285 g/mol. The van der Waals surface area contributed by atoms with E-state index in [-0.39, 0.29) is 36.3 Å². The van der Waals surface area contributed by atoms with Crippen LogP contribution in [-0.2, 0) is 4.79 Å². The van der Waals surface area contributed by atoms with Gasteiger partial charge in [-0.25, -0.2) is 9.18 Å². The molecule has 1 aromatic rings. The van der Waals surface area contributed by atoms with Gasteiger partial charge < -0.3 is 15.5 Å². The van der Waals surface area contributed by atoms with Crippen molar-refractivity contribution >= 4 is 17.6 Å². The molecule has 1 heterocycles. The molecule has 2 fully saturated rings. The van der Waals surface area contributed by atoms with Crippen LogP contribution < -0.4 is 15.5 Å². The Morgan fingerprint density at radius 1 is 1.09 bits per heavy atom. The van der Waals surface area contributed by atoms with E-state index >= 15 is 0 Å². The Morgan fingerprint density at radius 2 is 1.73 bits per heavy atom. The maximum Gasteiger partial charge on any atom is 0.315 e. The van der Waals surface area contributed by atoms with Crippen molar-refractivity contribution in [1.29, 1.82) is 0 Å². The Labute approximate surface area is 128 Å². The molecule has 5 nitrogen and oxygen atoms in total. The van der Waals surface area contributed by atoms with Gasteiger partial charge in [-0.1, -0.05) is 12.8 Å². The molecule has 2 aliphatic rings. The fourth-order valence-corrected chi connectivity index (χ4v) is 3.16. The number of benzene rings is 1. The standard InChI is InChI=1S/C16H20FN3O2/c17-11-5-7-14(8-6-11)20-10-13(9-15(20)21)19-16(22)18-12-3-1-2-4-12/h5-8,12-13H,1-4,9-10H2,(H2,18,19,22). The van der Waals surface area contributed by atoms with Gasteiger partial charge in [0.2, 0.25) is 5.91 Å². The summed E-state index contributed by atoms with van der Waals surface area (Å²) in [6.07, 6.45) is 4.64. The number of hydrogen-bond acceptors (Lipinski definition) is 2. The van der Waals surface area contributed by atoms with Crippen molar-refractivity contribution in [2.45, 2.75) is 44.2 Å². The van der Waals surface area contributed by atoms with Gasteiger partial charge in [0, 0.05) is 24.7 Å². The third-order valence-electron chi connectivity index (χ3n) is 4.29.